The highest BCUT2D eigenvalue weighted by molar-refractivity contribution is 7.85. The molecule has 0 radical (unpaired) electrons. The summed E-state index contributed by atoms with van der Waals surface area (Å²) in [6.45, 7) is 1.53. The largest absolute Gasteiger partial charge is 0.464 e. The molecular formula is C10H10F3NO3S. The molecule has 0 saturated heterocycles. The molecule has 0 aliphatic heterocycles. The van der Waals surface area contributed by atoms with Gasteiger partial charge in [0.1, 0.15) is 0 Å². The molecule has 0 aromatic carbocycles. The van der Waals surface area contributed by atoms with Gasteiger partial charge in [0.2, 0.25) is 0 Å². The van der Waals surface area contributed by atoms with E-state index in [0.717, 1.165) is 7.11 Å². The van der Waals surface area contributed by atoms with Crippen LogP contribution >= 0.6 is 0 Å². The van der Waals surface area contributed by atoms with E-state index in [2.05, 4.69) is 9.72 Å². The number of aromatic nitrogens is 1. The van der Waals surface area contributed by atoms with Gasteiger partial charge in [0.15, 0.2) is 5.69 Å². The van der Waals surface area contributed by atoms with Crippen molar-refractivity contribution in [1.29, 1.82) is 0 Å². The van der Waals surface area contributed by atoms with E-state index in [4.69, 9.17) is 0 Å². The van der Waals surface area contributed by atoms with Gasteiger partial charge in [-0.25, -0.2) is 9.78 Å². The summed E-state index contributed by atoms with van der Waals surface area (Å²) in [6.07, 6.45) is -4.09. The fourth-order valence-electron chi connectivity index (χ4n) is 1.18. The summed E-state index contributed by atoms with van der Waals surface area (Å²) in [5.74, 6) is -0.840. The molecule has 1 atom stereocenters. The molecule has 1 heterocycles. The second kappa shape index (κ2) is 5.47. The average Bonchev–Trinajstić information content (AvgIpc) is 2.35. The van der Waals surface area contributed by atoms with E-state index < -0.39 is 28.5 Å². The van der Waals surface area contributed by atoms with Crippen LogP contribution in [0.4, 0.5) is 13.2 Å². The molecule has 1 aromatic heterocycles. The molecule has 0 spiro atoms. The minimum Gasteiger partial charge on any atom is -0.464 e. The topological polar surface area (TPSA) is 56.3 Å². The lowest BCUT2D eigenvalue weighted by Crippen LogP contribution is -2.14. The molecule has 1 aromatic rings. The Bertz CT molecular complexity index is 488. The van der Waals surface area contributed by atoms with Gasteiger partial charge >= 0.3 is 12.1 Å². The lowest BCUT2D eigenvalue weighted by molar-refractivity contribution is -0.138. The molecule has 18 heavy (non-hydrogen) atoms. The highest BCUT2D eigenvalue weighted by atomic mass is 32.2. The molecule has 1 rings (SSSR count). The normalized spacial score (nSPS) is 13.2. The maximum atomic E-state index is 12.5. The zero-order chi connectivity index (χ0) is 13.9. The Morgan fingerprint density at radius 1 is 1.50 bits per heavy atom. The smallest absolute Gasteiger partial charge is 0.417 e. The Hall–Kier alpha value is -1.44. The molecule has 0 amide bonds. The van der Waals surface area contributed by atoms with Gasteiger partial charge in [-0.15, -0.1) is 0 Å². The fraction of sp³-hybridized carbons (Fsp3) is 0.400. The van der Waals surface area contributed by atoms with Crippen LogP contribution in [0.25, 0.3) is 0 Å². The third kappa shape index (κ3) is 3.06. The number of carbonyl (C=O) groups excluding carboxylic acids is 1. The number of hydrogen-bond donors (Lipinski definition) is 0. The van der Waals surface area contributed by atoms with Gasteiger partial charge in [-0.05, 0) is 6.07 Å². The Morgan fingerprint density at radius 2 is 2.11 bits per heavy atom. The molecule has 0 bridgehead atoms. The maximum Gasteiger partial charge on any atom is 0.417 e. The van der Waals surface area contributed by atoms with Crippen molar-refractivity contribution < 1.29 is 26.9 Å². The third-order valence-corrected chi connectivity index (χ3v) is 3.39. The predicted molar refractivity (Wildman–Crippen MR) is 57.5 cm³/mol. The number of rotatable bonds is 3. The molecule has 1 unspecified atom stereocenters. The number of ether oxygens (including phenoxy) is 1. The van der Waals surface area contributed by atoms with Crippen molar-refractivity contribution in [3.63, 3.8) is 0 Å². The molecule has 8 heteroatoms. The van der Waals surface area contributed by atoms with E-state index in [1.807, 2.05) is 0 Å². The number of carbonyl (C=O) groups is 1. The van der Waals surface area contributed by atoms with E-state index >= 15 is 0 Å². The average molecular weight is 281 g/mol. The maximum absolute atomic E-state index is 12.5. The summed E-state index contributed by atoms with van der Waals surface area (Å²) in [7, 11) is -0.663. The zero-order valence-electron chi connectivity index (χ0n) is 9.58. The van der Waals surface area contributed by atoms with Gasteiger partial charge in [-0.2, -0.15) is 13.2 Å². The lowest BCUT2D eigenvalue weighted by atomic mass is 10.2. The summed E-state index contributed by atoms with van der Waals surface area (Å²) in [5, 5.41) is 0. The van der Waals surface area contributed by atoms with Crippen molar-refractivity contribution in [2.75, 3.05) is 12.9 Å². The third-order valence-electron chi connectivity index (χ3n) is 2.07. The molecule has 0 fully saturated rings. The Kier molecular flexibility index (Phi) is 4.44. The summed E-state index contributed by atoms with van der Waals surface area (Å²) < 4.78 is 53.5. The van der Waals surface area contributed by atoms with Crippen molar-refractivity contribution in [2.24, 2.45) is 0 Å². The van der Waals surface area contributed by atoms with Crippen LogP contribution in [0.2, 0.25) is 0 Å². The van der Waals surface area contributed by atoms with Crippen molar-refractivity contribution in [1.82, 2.24) is 4.98 Å². The van der Waals surface area contributed by atoms with Gasteiger partial charge in [0.05, 0.1) is 28.4 Å². The van der Waals surface area contributed by atoms with E-state index in [0.29, 0.717) is 12.3 Å². The van der Waals surface area contributed by atoms with Gasteiger partial charge in [-0.1, -0.05) is 6.92 Å². The molecule has 4 nitrogen and oxygen atoms in total. The first kappa shape index (κ1) is 14.6. The van der Waals surface area contributed by atoms with E-state index in [9.17, 15) is 22.2 Å². The monoisotopic (exact) mass is 281 g/mol. The highest BCUT2D eigenvalue weighted by Gasteiger charge is 2.33. The molecular weight excluding hydrogens is 271 g/mol. The minimum absolute atomic E-state index is 0.0764. The zero-order valence-corrected chi connectivity index (χ0v) is 10.4. The first-order valence-corrected chi connectivity index (χ1v) is 6.17. The molecule has 100 valence electrons. The van der Waals surface area contributed by atoms with Crippen molar-refractivity contribution in [2.45, 2.75) is 18.0 Å². The van der Waals surface area contributed by atoms with Gasteiger partial charge in [0, 0.05) is 11.9 Å². The van der Waals surface area contributed by atoms with Crippen LogP contribution in [0.1, 0.15) is 23.0 Å². The van der Waals surface area contributed by atoms with Crippen LogP contribution in [-0.4, -0.2) is 28.0 Å². The van der Waals surface area contributed by atoms with Crippen LogP contribution in [0.15, 0.2) is 17.2 Å². The Morgan fingerprint density at radius 3 is 2.56 bits per heavy atom. The standard InChI is InChI=1S/C10H10F3NO3S/c1-3-18(16)7-4-6(10(11,12)13)5-14-8(7)9(15)17-2/h4-5H,3H2,1-2H3. The van der Waals surface area contributed by atoms with Gasteiger partial charge < -0.3 is 4.74 Å². The van der Waals surface area contributed by atoms with Crippen molar-refractivity contribution in [3.05, 3.63) is 23.5 Å². The second-order valence-electron chi connectivity index (χ2n) is 3.19. The van der Waals surface area contributed by atoms with E-state index in [-0.39, 0.29) is 16.3 Å². The number of halogens is 3. The molecule has 0 saturated carbocycles. The summed E-state index contributed by atoms with van der Waals surface area (Å²) in [5.41, 5.74) is -1.40. The molecule has 0 N–H and O–H groups in total. The van der Waals surface area contributed by atoms with E-state index in [1.54, 1.807) is 0 Å². The number of alkyl halides is 3. The fourth-order valence-corrected chi connectivity index (χ4v) is 2.10. The highest BCUT2D eigenvalue weighted by Crippen LogP contribution is 2.30. The summed E-state index contributed by atoms with van der Waals surface area (Å²) >= 11 is 0. The SMILES string of the molecule is CCS(=O)c1cc(C(F)(F)F)cnc1C(=O)OC. The summed E-state index contributed by atoms with van der Waals surface area (Å²) in [4.78, 5) is 14.4. The Balaban J connectivity index is 3.39. The van der Waals surface area contributed by atoms with Crippen LogP contribution in [-0.2, 0) is 21.7 Å². The molecule has 0 aliphatic carbocycles. The second-order valence-corrected chi connectivity index (χ2v) is 4.90. The number of methoxy groups -OCH3 is 1. The summed E-state index contributed by atoms with van der Waals surface area (Å²) in [6, 6.07) is 0.666. The predicted octanol–water partition coefficient (Wildman–Crippen LogP) is 2.01. The van der Waals surface area contributed by atoms with Crippen LogP contribution in [0.3, 0.4) is 0 Å². The van der Waals surface area contributed by atoms with E-state index in [1.165, 1.54) is 6.92 Å². The van der Waals surface area contributed by atoms with Gasteiger partial charge in [-0.3, -0.25) is 4.21 Å². The van der Waals surface area contributed by atoms with Crippen molar-refractivity contribution in [3.8, 4) is 0 Å². The first-order chi connectivity index (χ1) is 8.31. The van der Waals surface area contributed by atoms with Gasteiger partial charge in [0.25, 0.3) is 0 Å². The number of pyridine rings is 1. The first-order valence-electron chi connectivity index (χ1n) is 4.85. The van der Waals surface area contributed by atoms with Crippen LogP contribution < -0.4 is 0 Å². The van der Waals surface area contributed by atoms with Crippen molar-refractivity contribution >= 4 is 16.8 Å². The minimum atomic E-state index is -4.60. The number of hydrogen-bond acceptors (Lipinski definition) is 4. The van der Waals surface area contributed by atoms with Crippen LogP contribution in [0.5, 0.6) is 0 Å². The number of nitrogens with zero attached hydrogens (tertiary/aromatic N) is 1. The molecule has 0 aliphatic rings. The Labute approximate surface area is 104 Å². The lowest BCUT2D eigenvalue weighted by Gasteiger charge is -2.10. The van der Waals surface area contributed by atoms with Crippen LogP contribution in [0, 0.1) is 0 Å². The quantitative estimate of drug-likeness (QED) is 0.795. The number of esters is 1.